The Kier molecular flexibility index (Phi) is 3.17. The van der Waals surface area contributed by atoms with Crippen LogP contribution in [-0.2, 0) is 9.47 Å². The highest BCUT2D eigenvalue weighted by Gasteiger charge is 2.50. The van der Waals surface area contributed by atoms with Gasteiger partial charge in [-0.3, -0.25) is 0 Å². The van der Waals surface area contributed by atoms with Crippen LogP contribution in [0.15, 0.2) is 10.2 Å². The third-order valence-electron chi connectivity index (χ3n) is 3.12. The Hall–Kier alpha value is -1.46. The highest BCUT2D eigenvalue weighted by molar-refractivity contribution is 5.05. The Bertz CT molecular complexity index is 352. The van der Waals surface area contributed by atoms with E-state index < -0.39 is 11.6 Å². The van der Waals surface area contributed by atoms with Crippen LogP contribution < -0.4 is 0 Å². The predicted molar refractivity (Wildman–Crippen MR) is 54.6 cm³/mol. The zero-order chi connectivity index (χ0) is 11.4. The number of azide groups is 2. The average Bonchev–Trinajstić information content (AvgIpc) is 2.14. The molecule has 86 valence electrons. The van der Waals surface area contributed by atoms with Gasteiger partial charge in [-0.05, 0) is 17.5 Å². The second-order valence-electron chi connectivity index (χ2n) is 3.90. The van der Waals surface area contributed by atoms with Crippen molar-refractivity contribution in [1.29, 1.82) is 0 Å². The van der Waals surface area contributed by atoms with Crippen LogP contribution in [0.25, 0.3) is 20.9 Å². The molecule has 2 fully saturated rings. The molecule has 0 aromatic heterocycles. The van der Waals surface area contributed by atoms with Crippen molar-refractivity contribution in [2.24, 2.45) is 10.2 Å². The molecule has 3 atom stereocenters. The zero-order valence-electron chi connectivity index (χ0n) is 8.69. The normalized spacial score (nSPS) is 33.6. The van der Waals surface area contributed by atoms with Gasteiger partial charge in [0.2, 0.25) is 0 Å². The number of rotatable bonds is 5. The minimum atomic E-state index is -0.649. The van der Waals surface area contributed by atoms with Crippen LogP contribution in [0.4, 0.5) is 0 Å². The first-order chi connectivity index (χ1) is 7.82. The highest BCUT2D eigenvalue weighted by atomic mass is 16.5. The van der Waals surface area contributed by atoms with E-state index >= 15 is 0 Å². The molecule has 0 spiro atoms. The van der Waals surface area contributed by atoms with E-state index in [0.29, 0.717) is 13.2 Å². The maximum Gasteiger partial charge on any atom is 0.0929 e. The number of nitrogens with zero attached hydrogens (tertiary/aromatic N) is 6. The molecule has 2 rings (SSSR count). The van der Waals surface area contributed by atoms with Crippen molar-refractivity contribution in [3.63, 3.8) is 0 Å². The molecule has 0 radical (unpaired) electrons. The predicted octanol–water partition coefficient (Wildman–Crippen LogP) is 1.92. The quantitative estimate of drug-likeness (QED) is 0.403. The van der Waals surface area contributed by atoms with Crippen molar-refractivity contribution >= 4 is 0 Å². The summed E-state index contributed by atoms with van der Waals surface area (Å²) in [6, 6.07) is -0.398. The molecule has 2 aliphatic heterocycles. The molecule has 8 nitrogen and oxygen atoms in total. The van der Waals surface area contributed by atoms with Gasteiger partial charge in [0.05, 0.1) is 30.9 Å². The molecular formula is C8H12N6O2. The van der Waals surface area contributed by atoms with Crippen LogP contribution in [0.1, 0.15) is 12.8 Å². The van der Waals surface area contributed by atoms with Gasteiger partial charge in [-0.1, -0.05) is 10.2 Å². The Morgan fingerprint density at radius 2 is 2.12 bits per heavy atom. The lowest BCUT2D eigenvalue weighted by Crippen LogP contribution is -2.61. The summed E-state index contributed by atoms with van der Waals surface area (Å²) in [7, 11) is 0. The van der Waals surface area contributed by atoms with Crippen LogP contribution in [0.5, 0.6) is 0 Å². The summed E-state index contributed by atoms with van der Waals surface area (Å²) in [5.41, 5.74) is 16.2. The van der Waals surface area contributed by atoms with E-state index in [4.69, 9.17) is 20.5 Å². The number of hydrogen-bond acceptors (Lipinski definition) is 4. The molecule has 16 heavy (non-hydrogen) atoms. The Labute approximate surface area is 91.8 Å². The molecule has 0 aromatic carbocycles. The monoisotopic (exact) mass is 224 g/mol. The summed E-state index contributed by atoms with van der Waals surface area (Å²) >= 11 is 0. The third-order valence-corrected chi connectivity index (χ3v) is 3.12. The van der Waals surface area contributed by atoms with Gasteiger partial charge >= 0.3 is 0 Å². The maximum atomic E-state index is 8.56. The van der Waals surface area contributed by atoms with Gasteiger partial charge in [0.1, 0.15) is 0 Å². The molecule has 0 saturated carbocycles. The zero-order valence-corrected chi connectivity index (χ0v) is 8.69. The molecule has 2 aliphatic rings. The van der Waals surface area contributed by atoms with E-state index in [1.165, 1.54) is 0 Å². The van der Waals surface area contributed by atoms with E-state index in [9.17, 15) is 0 Å². The van der Waals surface area contributed by atoms with E-state index in [1.807, 2.05) is 0 Å². The molecule has 0 aromatic rings. The van der Waals surface area contributed by atoms with Gasteiger partial charge in [-0.15, -0.1) is 0 Å². The average molecular weight is 224 g/mol. The molecule has 3 unspecified atom stereocenters. The fourth-order valence-corrected chi connectivity index (χ4v) is 2.04. The molecule has 0 N–H and O–H groups in total. The summed E-state index contributed by atoms with van der Waals surface area (Å²) in [5.74, 6) is 0. The van der Waals surface area contributed by atoms with E-state index in [0.717, 1.165) is 12.8 Å². The van der Waals surface area contributed by atoms with Crippen molar-refractivity contribution in [1.82, 2.24) is 0 Å². The van der Waals surface area contributed by atoms with Crippen LogP contribution in [0.3, 0.4) is 0 Å². The molecule has 2 heterocycles. The fourth-order valence-electron chi connectivity index (χ4n) is 2.04. The molecular weight excluding hydrogens is 212 g/mol. The second-order valence-corrected chi connectivity index (χ2v) is 3.90. The lowest BCUT2D eigenvalue weighted by Gasteiger charge is -2.49. The standard InChI is InChI=1S/C8H12N6O2/c9-13-11-5-8(2-4-16-8)7(12-14-10)6-1-3-15-6/h6-7H,1-5H2. The Morgan fingerprint density at radius 1 is 1.38 bits per heavy atom. The van der Waals surface area contributed by atoms with Crippen molar-refractivity contribution < 1.29 is 9.47 Å². The third kappa shape index (κ3) is 1.79. The van der Waals surface area contributed by atoms with Gasteiger partial charge in [0, 0.05) is 22.9 Å². The summed E-state index contributed by atoms with van der Waals surface area (Å²) in [6.45, 7) is 1.47. The fraction of sp³-hybridized carbons (Fsp3) is 1.00. The maximum absolute atomic E-state index is 8.56. The van der Waals surface area contributed by atoms with E-state index in [1.54, 1.807) is 0 Å². The minimum absolute atomic E-state index is 0.106. The summed E-state index contributed by atoms with van der Waals surface area (Å²) in [4.78, 5) is 5.54. The molecule has 8 heteroatoms. The summed E-state index contributed by atoms with van der Waals surface area (Å²) in [5, 5.41) is 7.27. The van der Waals surface area contributed by atoms with Gasteiger partial charge in [-0.2, -0.15) is 0 Å². The van der Waals surface area contributed by atoms with Gasteiger partial charge in [-0.25, -0.2) is 0 Å². The van der Waals surface area contributed by atoms with Crippen molar-refractivity contribution in [3.05, 3.63) is 20.9 Å². The van der Waals surface area contributed by atoms with Crippen molar-refractivity contribution in [2.45, 2.75) is 30.6 Å². The van der Waals surface area contributed by atoms with Crippen LogP contribution in [0, 0.1) is 0 Å². The van der Waals surface area contributed by atoms with Gasteiger partial charge in [0.25, 0.3) is 0 Å². The Balaban J connectivity index is 2.14. The first-order valence-electron chi connectivity index (χ1n) is 5.13. The molecule has 0 bridgehead atoms. The van der Waals surface area contributed by atoms with Crippen molar-refractivity contribution in [3.8, 4) is 0 Å². The molecule has 0 amide bonds. The number of hydrogen-bond donors (Lipinski definition) is 0. The lowest BCUT2D eigenvalue weighted by atomic mass is 9.81. The minimum Gasteiger partial charge on any atom is -0.377 e. The highest BCUT2D eigenvalue weighted by Crippen LogP contribution is 2.37. The second kappa shape index (κ2) is 4.59. The van der Waals surface area contributed by atoms with Crippen LogP contribution >= 0.6 is 0 Å². The summed E-state index contributed by atoms with van der Waals surface area (Å²) in [6.07, 6.45) is 1.48. The number of ether oxygens (including phenoxy) is 2. The largest absolute Gasteiger partial charge is 0.377 e. The first-order valence-corrected chi connectivity index (χ1v) is 5.13. The molecule has 0 aliphatic carbocycles. The van der Waals surface area contributed by atoms with Gasteiger partial charge in [0.15, 0.2) is 0 Å². The topological polar surface area (TPSA) is 116 Å². The smallest absolute Gasteiger partial charge is 0.0929 e. The van der Waals surface area contributed by atoms with Crippen LogP contribution in [0.2, 0.25) is 0 Å². The molecule has 2 saturated heterocycles. The van der Waals surface area contributed by atoms with Crippen molar-refractivity contribution in [2.75, 3.05) is 19.8 Å². The van der Waals surface area contributed by atoms with Gasteiger partial charge < -0.3 is 9.47 Å². The lowest BCUT2D eigenvalue weighted by molar-refractivity contribution is -0.194. The summed E-state index contributed by atoms with van der Waals surface area (Å²) < 4.78 is 10.8. The van der Waals surface area contributed by atoms with Crippen LogP contribution in [-0.4, -0.2) is 37.5 Å². The van der Waals surface area contributed by atoms with E-state index in [2.05, 4.69) is 20.1 Å². The first kappa shape index (κ1) is 11.0. The Morgan fingerprint density at radius 3 is 2.50 bits per heavy atom. The SMILES string of the molecule is [N-]=[N+]=NCC1(C(N=[N+]=[N-])C2CCO2)CCO1. The van der Waals surface area contributed by atoms with E-state index in [-0.39, 0.29) is 12.6 Å².